The Morgan fingerprint density at radius 1 is 1.00 bits per heavy atom. The van der Waals surface area contributed by atoms with Gasteiger partial charge in [0, 0.05) is 38.5 Å². The van der Waals surface area contributed by atoms with E-state index in [0.29, 0.717) is 48.7 Å². The van der Waals surface area contributed by atoms with E-state index >= 15 is 0 Å². The summed E-state index contributed by atoms with van der Waals surface area (Å²) in [5.41, 5.74) is 2.22. The van der Waals surface area contributed by atoms with Crippen LogP contribution in [0.1, 0.15) is 45.2 Å². The Morgan fingerprint density at radius 2 is 1.73 bits per heavy atom. The largest absolute Gasteiger partial charge is 0.489 e. The molecule has 0 aliphatic carbocycles. The van der Waals surface area contributed by atoms with Crippen molar-refractivity contribution in [3.8, 4) is 11.5 Å². The normalized spacial score (nSPS) is 14.3. The van der Waals surface area contributed by atoms with Gasteiger partial charge < -0.3 is 14.4 Å². The minimum atomic E-state index is -0.108. The van der Waals surface area contributed by atoms with Gasteiger partial charge in [0.05, 0.1) is 18.2 Å². The number of hydrogen-bond donors (Lipinski definition) is 0. The summed E-state index contributed by atoms with van der Waals surface area (Å²) >= 11 is 6.50. The zero-order valence-electron chi connectivity index (χ0n) is 20.4. The molecule has 0 bridgehead atoms. The van der Waals surface area contributed by atoms with Crippen LogP contribution in [0.3, 0.4) is 0 Å². The van der Waals surface area contributed by atoms with E-state index in [2.05, 4.69) is 49.9 Å². The summed E-state index contributed by atoms with van der Waals surface area (Å²) in [6, 6.07) is 14.3. The molecule has 0 N–H and O–H groups in total. The van der Waals surface area contributed by atoms with Gasteiger partial charge in [-0.15, -0.1) is 0 Å². The molecule has 0 spiro atoms. The zero-order valence-corrected chi connectivity index (χ0v) is 21.1. The van der Waals surface area contributed by atoms with Gasteiger partial charge in [0.15, 0.2) is 11.5 Å². The molecule has 0 saturated carbocycles. The monoisotopic (exact) mass is 472 g/mol. The van der Waals surface area contributed by atoms with E-state index in [1.54, 1.807) is 0 Å². The van der Waals surface area contributed by atoms with Crippen molar-refractivity contribution >= 4 is 17.5 Å². The fraction of sp³-hybridized carbons (Fsp3) is 0.519. The maximum absolute atomic E-state index is 13.5. The molecular formula is C27H37ClN2O3. The number of rotatable bonds is 10. The third-order valence-corrected chi connectivity index (χ3v) is 6.06. The Balaban J connectivity index is 1.71. The van der Waals surface area contributed by atoms with Gasteiger partial charge in [-0.25, -0.2) is 0 Å². The fourth-order valence-electron chi connectivity index (χ4n) is 4.19. The van der Waals surface area contributed by atoms with Gasteiger partial charge in [-0.05, 0) is 35.7 Å². The van der Waals surface area contributed by atoms with Crippen LogP contribution >= 0.6 is 11.6 Å². The molecule has 0 fully saturated rings. The second kappa shape index (κ2) is 12.3. The van der Waals surface area contributed by atoms with Crippen LogP contribution in [0, 0.1) is 11.8 Å². The first-order chi connectivity index (χ1) is 15.9. The van der Waals surface area contributed by atoms with Crippen molar-refractivity contribution in [2.75, 3.05) is 32.8 Å². The van der Waals surface area contributed by atoms with E-state index in [0.717, 1.165) is 31.6 Å². The molecule has 0 saturated heterocycles. The number of hydrogen-bond acceptors (Lipinski definition) is 4. The lowest BCUT2D eigenvalue weighted by Crippen LogP contribution is -2.41. The van der Waals surface area contributed by atoms with E-state index in [1.165, 1.54) is 5.56 Å². The first kappa shape index (κ1) is 25.4. The van der Waals surface area contributed by atoms with Crippen LogP contribution in [0.2, 0.25) is 5.02 Å². The second-order valence-electron chi connectivity index (χ2n) is 9.28. The van der Waals surface area contributed by atoms with Gasteiger partial charge in [-0.1, -0.05) is 69.6 Å². The van der Waals surface area contributed by atoms with E-state index in [9.17, 15) is 4.79 Å². The summed E-state index contributed by atoms with van der Waals surface area (Å²) in [5.74, 6) is 1.69. The lowest BCUT2D eigenvalue weighted by Gasteiger charge is -2.30. The van der Waals surface area contributed by atoms with Gasteiger partial charge in [-0.2, -0.15) is 0 Å². The number of carbonyl (C=O) groups excluding carboxylic acids is 1. The summed E-state index contributed by atoms with van der Waals surface area (Å²) in [7, 11) is 0. The SMILES string of the molecule is CCN(Cc1ccccc1)CC(C)C(=O)N(Cc1cc(Cl)c2c(c1)OCCCO2)CC(C)C. The molecule has 1 aliphatic heterocycles. The number of nitrogens with zero attached hydrogens (tertiary/aromatic N) is 2. The quantitative estimate of drug-likeness (QED) is 0.448. The second-order valence-corrected chi connectivity index (χ2v) is 9.69. The molecule has 3 rings (SSSR count). The number of ether oxygens (including phenoxy) is 2. The molecule has 0 radical (unpaired) electrons. The molecule has 1 heterocycles. The van der Waals surface area contributed by atoms with Crippen LogP contribution in [0.4, 0.5) is 0 Å². The third kappa shape index (κ3) is 7.38. The average Bonchev–Trinajstić information content (AvgIpc) is 3.04. The molecule has 2 aromatic rings. The Morgan fingerprint density at radius 3 is 2.42 bits per heavy atom. The number of halogens is 1. The highest BCUT2D eigenvalue weighted by atomic mass is 35.5. The highest BCUT2D eigenvalue weighted by Gasteiger charge is 2.25. The third-order valence-electron chi connectivity index (χ3n) is 5.78. The summed E-state index contributed by atoms with van der Waals surface area (Å²) in [6.45, 7) is 13.3. The Hall–Kier alpha value is -2.24. The lowest BCUT2D eigenvalue weighted by molar-refractivity contribution is -0.136. The Labute approximate surface area is 203 Å². The number of fused-ring (bicyclic) bond motifs is 1. The van der Waals surface area contributed by atoms with Gasteiger partial charge >= 0.3 is 0 Å². The van der Waals surface area contributed by atoms with Gasteiger partial charge in [0.2, 0.25) is 5.91 Å². The van der Waals surface area contributed by atoms with Crippen LogP contribution < -0.4 is 9.47 Å². The van der Waals surface area contributed by atoms with Crippen molar-refractivity contribution in [3.63, 3.8) is 0 Å². The van der Waals surface area contributed by atoms with Crippen molar-refractivity contribution in [3.05, 3.63) is 58.6 Å². The van der Waals surface area contributed by atoms with E-state index in [-0.39, 0.29) is 11.8 Å². The standard InChI is InChI=1S/C27H37ClN2O3/c1-5-29(18-22-10-7-6-8-11-22)17-21(4)27(31)30(16-20(2)3)19-23-14-24(28)26-25(15-23)32-12-9-13-33-26/h6-8,10-11,14-15,20-21H,5,9,12-13,16-19H2,1-4H3. The maximum Gasteiger partial charge on any atom is 0.227 e. The first-order valence-corrected chi connectivity index (χ1v) is 12.4. The summed E-state index contributed by atoms with van der Waals surface area (Å²) in [5, 5.41) is 0.536. The van der Waals surface area contributed by atoms with Gasteiger partial charge in [-0.3, -0.25) is 9.69 Å². The fourth-order valence-corrected chi connectivity index (χ4v) is 4.48. The zero-order chi connectivity index (χ0) is 23.8. The smallest absolute Gasteiger partial charge is 0.227 e. The van der Waals surface area contributed by atoms with Crippen LogP contribution in [0.5, 0.6) is 11.5 Å². The predicted molar refractivity (Wildman–Crippen MR) is 134 cm³/mol. The van der Waals surface area contributed by atoms with Crippen molar-refractivity contribution in [1.82, 2.24) is 9.80 Å². The van der Waals surface area contributed by atoms with Crippen molar-refractivity contribution in [1.29, 1.82) is 0 Å². The van der Waals surface area contributed by atoms with Gasteiger partial charge in [0.25, 0.3) is 0 Å². The summed E-state index contributed by atoms with van der Waals surface area (Å²) < 4.78 is 11.6. The molecule has 5 nitrogen and oxygen atoms in total. The number of carbonyl (C=O) groups is 1. The van der Waals surface area contributed by atoms with E-state index in [4.69, 9.17) is 21.1 Å². The molecule has 1 unspecified atom stereocenters. The number of benzene rings is 2. The van der Waals surface area contributed by atoms with Crippen LogP contribution in [-0.4, -0.2) is 48.6 Å². The molecule has 1 atom stereocenters. The molecular weight excluding hydrogens is 436 g/mol. The van der Waals surface area contributed by atoms with E-state index in [1.807, 2.05) is 30.0 Å². The predicted octanol–water partition coefficient (Wildman–Crippen LogP) is 5.64. The highest BCUT2D eigenvalue weighted by molar-refractivity contribution is 6.32. The molecule has 0 aromatic heterocycles. The molecule has 180 valence electrons. The van der Waals surface area contributed by atoms with Crippen molar-refractivity contribution in [2.24, 2.45) is 11.8 Å². The lowest BCUT2D eigenvalue weighted by atomic mass is 10.1. The average molecular weight is 473 g/mol. The minimum Gasteiger partial charge on any atom is -0.489 e. The Bertz CT molecular complexity index is 904. The highest BCUT2D eigenvalue weighted by Crippen LogP contribution is 2.38. The van der Waals surface area contributed by atoms with Crippen molar-refractivity contribution in [2.45, 2.75) is 47.2 Å². The molecule has 2 aromatic carbocycles. The first-order valence-electron chi connectivity index (χ1n) is 12.0. The molecule has 1 aliphatic rings. The van der Waals surface area contributed by atoms with Crippen LogP contribution in [-0.2, 0) is 17.9 Å². The molecule has 33 heavy (non-hydrogen) atoms. The number of amides is 1. The maximum atomic E-state index is 13.5. The van der Waals surface area contributed by atoms with Crippen molar-refractivity contribution < 1.29 is 14.3 Å². The molecule has 6 heteroatoms. The van der Waals surface area contributed by atoms with Crippen LogP contribution in [0.25, 0.3) is 0 Å². The van der Waals surface area contributed by atoms with E-state index < -0.39 is 0 Å². The van der Waals surface area contributed by atoms with Crippen LogP contribution in [0.15, 0.2) is 42.5 Å². The molecule has 1 amide bonds. The van der Waals surface area contributed by atoms with Gasteiger partial charge in [0.1, 0.15) is 0 Å². The summed E-state index contributed by atoms with van der Waals surface area (Å²) in [6.07, 6.45) is 0.826. The summed E-state index contributed by atoms with van der Waals surface area (Å²) in [4.78, 5) is 17.8. The minimum absolute atomic E-state index is 0.108. The Kier molecular flexibility index (Phi) is 9.45. The topological polar surface area (TPSA) is 42.0 Å².